The zero-order chi connectivity index (χ0) is 18.5. The van der Waals surface area contributed by atoms with E-state index in [1.807, 2.05) is 62.2 Å². The first-order valence-electron chi connectivity index (χ1n) is 8.75. The van der Waals surface area contributed by atoms with E-state index in [1.54, 1.807) is 4.90 Å². The molecule has 4 heteroatoms. The molecule has 0 unspecified atom stereocenters. The number of carbonyl (C=O) groups is 1. The van der Waals surface area contributed by atoms with E-state index in [0.717, 1.165) is 11.3 Å². The second kappa shape index (κ2) is 7.91. The fraction of sp³-hybridized carbons (Fsp3) is 0.227. The number of amides is 1. The van der Waals surface area contributed by atoms with Gasteiger partial charge in [0.2, 0.25) is 0 Å². The van der Waals surface area contributed by atoms with Crippen LogP contribution in [0.2, 0.25) is 0 Å². The molecule has 0 N–H and O–H groups in total. The van der Waals surface area contributed by atoms with Crippen molar-refractivity contribution in [3.63, 3.8) is 0 Å². The van der Waals surface area contributed by atoms with Crippen LogP contribution < -0.4 is 4.90 Å². The average molecular weight is 347 g/mol. The van der Waals surface area contributed by atoms with Gasteiger partial charge in [-0.3, -0.25) is 4.79 Å². The summed E-state index contributed by atoms with van der Waals surface area (Å²) >= 11 is 0. The predicted molar refractivity (Wildman–Crippen MR) is 107 cm³/mol. The summed E-state index contributed by atoms with van der Waals surface area (Å²) < 4.78 is 2.00. The van der Waals surface area contributed by atoms with Gasteiger partial charge in [-0.15, -0.1) is 0 Å². The number of carbonyl (C=O) groups excluding carboxylic acids is 1. The Labute approximate surface area is 155 Å². The Balaban J connectivity index is 1.70. The van der Waals surface area contributed by atoms with E-state index in [1.165, 1.54) is 5.56 Å². The molecule has 0 aliphatic heterocycles. The molecule has 1 amide bonds. The first-order chi connectivity index (χ1) is 12.5. The summed E-state index contributed by atoms with van der Waals surface area (Å²) in [6.45, 7) is 1.28. The summed E-state index contributed by atoms with van der Waals surface area (Å²) in [6.07, 6.45) is 1.96. The molecule has 0 bridgehead atoms. The molecular formula is C22H25N3O. The number of aromatic nitrogens is 1. The van der Waals surface area contributed by atoms with Crippen LogP contribution in [0.1, 0.15) is 21.6 Å². The van der Waals surface area contributed by atoms with Gasteiger partial charge in [-0.2, -0.15) is 0 Å². The van der Waals surface area contributed by atoms with Gasteiger partial charge in [0.15, 0.2) is 0 Å². The summed E-state index contributed by atoms with van der Waals surface area (Å²) in [4.78, 5) is 16.7. The molecule has 0 spiro atoms. The average Bonchev–Trinajstić information content (AvgIpc) is 3.10. The molecule has 4 nitrogen and oxygen atoms in total. The molecule has 0 saturated carbocycles. The summed E-state index contributed by atoms with van der Waals surface area (Å²) in [5, 5.41) is 0. The van der Waals surface area contributed by atoms with Gasteiger partial charge in [-0.05, 0) is 35.4 Å². The topological polar surface area (TPSA) is 28.5 Å². The maximum atomic E-state index is 12.9. The van der Waals surface area contributed by atoms with Crippen molar-refractivity contribution in [3.05, 3.63) is 89.7 Å². The zero-order valence-corrected chi connectivity index (χ0v) is 15.6. The fourth-order valence-corrected chi connectivity index (χ4v) is 2.97. The van der Waals surface area contributed by atoms with Crippen molar-refractivity contribution in [2.24, 2.45) is 0 Å². The fourth-order valence-electron chi connectivity index (χ4n) is 2.97. The van der Waals surface area contributed by atoms with Crippen LogP contribution in [-0.2, 0) is 13.1 Å². The third-order valence-electron chi connectivity index (χ3n) is 4.46. The van der Waals surface area contributed by atoms with E-state index < -0.39 is 0 Å². The largest absolute Gasteiger partial charge is 0.378 e. The highest BCUT2D eigenvalue weighted by Crippen LogP contribution is 2.15. The first-order valence-corrected chi connectivity index (χ1v) is 8.75. The maximum absolute atomic E-state index is 12.9. The third kappa shape index (κ3) is 4.14. The van der Waals surface area contributed by atoms with Crippen LogP contribution in [0.25, 0.3) is 0 Å². The molecule has 0 atom stereocenters. The highest BCUT2D eigenvalue weighted by atomic mass is 16.2. The highest BCUT2D eigenvalue weighted by Gasteiger charge is 2.16. The lowest BCUT2D eigenvalue weighted by Crippen LogP contribution is -2.28. The van der Waals surface area contributed by atoms with E-state index >= 15 is 0 Å². The first kappa shape index (κ1) is 17.8. The van der Waals surface area contributed by atoms with Crippen LogP contribution in [0.15, 0.2) is 72.9 Å². The molecule has 0 aliphatic carbocycles. The van der Waals surface area contributed by atoms with Gasteiger partial charge < -0.3 is 14.4 Å². The van der Waals surface area contributed by atoms with Gasteiger partial charge in [0, 0.05) is 46.1 Å². The second-order valence-electron chi connectivity index (χ2n) is 6.73. The summed E-state index contributed by atoms with van der Waals surface area (Å²) in [5.41, 5.74) is 4.16. The molecule has 0 fully saturated rings. The Morgan fingerprint density at radius 3 is 2.19 bits per heavy atom. The van der Waals surface area contributed by atoms with E-state index in [9.17, 15) is 4.79 Å². The number of benzene rings is 2. The number of anilines is 1. The minimum atomic E-state index is 0.0302. The van der Waals surface area contributed by atoms with Gasteiger partial charge in [-0.25, -0.2) is 0 Å². The SMILES string of the molecule is CN(Cc1ccc(N(C)C)cc1)C(=O)c1cccn1Cc1ccccc1. The molecular weight excluding hydrogens is 322 g/mol. The van der Waals surface area contributed by atoms with Crippen LogP contribution in [0.5, 0.6) is 0 Å². The van der Waals surface area contributed by atoms with Gasteiger partial charge in [0.05, 0.1) is 0 Å². The van der Waals surface area contributed by atoms with Gasteiger partial charge >= 0.3 is 0 Å². The molecule has 0 radical (unpaired) electrons. The molecule has 26 heavy (non-hydrogen) atoms. The van der Waals surface area contributed by atoms with Crippen LogP contribution in [0, 0.1) is 0 Å². The molecule has 2 aromatic carbocycles. The van der Waals surface area contributed by atoms with Crippen molar-refractivity contribution in [2.75, 3.05) is 26.0 Å². The quantitative estimate of drug-likeness (QED) is 0.677. The van der Waals surface area contributed by atoms with Gasteiger partial charge in [0.25, 0.3) is 5.91 Å². The second-order valence-corrected chi connectivity index (χ2v) is 6.73. The van der Waals surface area contributed by atoms with E-state index in [-0.39, 0.29) is 5.91 Å². The monoisotopic (exact) mass is 347 g/mol. The third-order valence-corrected chi connectivity index (χ3v) is 4.46. The van der Waals surface area contributed by atoms with E-state index in [0.29, 0.717) is 18.8 Å². The predicted octanol–water partition coefficient (Wildman–Crippen LogP) is 3.87. The molecule has 3 rings (SSSR count). The van der Waals surface area contributed by atoms with E-state index in [4.69, 9.17) is 0 Å². The Morgan fingerprint density at radius 1 is 0.846 bits per heavy atom. The normalized spacial score (nSPS) is 10.6. The maximum Gasteiger partial charge on any atom is 0.270 e. The standard InChI is InChI=1S/C22H25N3O/c1-23(2)20-13-11-19(12-14-20)16-24(3)22(26)21-10-7-15-25(21)17-18-8-5-4-6-9-18/h4-15H,16-17H2,1-3H3. The number of hydrogen-bond donors (Lipinski definition) is 0. The minimum absolute atomic E-state index is 0.0302. The number of rotatable bonds is 6. The van der Waals surface area contributed by atoms with Crippen molar-refractivity contribution in [1.29, 1.82) is 0 Å². The Bertz CT molecular complexity index is 851. The van der Waals surface area contributed by atoms with Crippen LogP contribution in [0.3, 0.4) is 0 Å². The van der Waals surface area contributed by atoms with E-state index in [2.05, 4.69) is 41.3 Å². The molecule has 0 saturated heterocycles. The Kier molecular flexibility index (Phi) is 5.42. The molecule has 1 aromatic heterocycles. The van der Waals surface area contributed by atoms with Gasteiger partial charge in [-0.1, -0.05) is 42.5 Å². The van der Waals surface area contributed by atoms with Crippen molar-refractivity contribution >= 4 is 11.6 Å². The lowest BCUT2D eigenvalue weighted by Gasteiger charge is -2.19. The van der Waals surface area contributed by atoms with Crippen LogP contribution in [0.4, 0.5) is 5.69 Å². The zero-order valence-electron chi connectivity index (χ0n) is 15.6. The minimum Gasteiger partial charge on any atom is -0.378 e. The lowest BCUT2D eigenvalue weighted by molar-refractivity contribution is 0.0775. The van der Waals surface area contributed by atoms with Crippen LogP contribution >= 0.6 is 0 Å². The summed E-state index contributed by atoms with van der Waals surface area (Å²) in [5.74, 6) is 0.0302. The molecule has 0 aliphatic rings. The number of nitrogens with zero attached hydrogens (tertiary/aromatic N) is 3. The molecule has 3 aromatic rings. The van der Waals surface area contributed by atoms with Gasteiger partial charge in [0.1, 0.15) is 5.69 Å². The molecule has 1 heterocycles. The Hall–Kier alpha value is -3.01. The lowest BCUT2D eigenvalue weighted by atomic mass is 10.2. The van der Waals surface area contributed by atoms with Crippen molar-refractivity contribution in [3.8, 4) is 0 Å². The van der Waals surface area contributed by atoms with Crippen molar-refractivity contribution in [2.45, 2.75) is 13.1 Å². The smallest absolute Gasteiger partial charge is 0.270 e. The summed E-state index contributed by atoms with van der Waals surface area (Å²) in [7, 11) is 5.89. The van der Waals surface area contributed by atoms with Crippen LogP contribution in [-0.4, -0.2) is 36.5 Å². The molecule has 134 valence electrons. The highest BCUT2D eigenvalue weighted by molar-refractivity contribution is 5.92. The number of hydrogen-bond acceptors (Lipinski definition) is 2. The summed E-state index contributed by atoms with van der Waals surface area (Å²) in [6, 6.07) is 22.3. The Morgan fingerprint density at radius 2 is 1.54 bits per heavy atom. The van der Waals surface area contributed by atoms with Crippen molar-refractivity contribution < 1.29 is 4.79 Å². The van der Waals surface area contributed by atoms with Crippen molar-refractivity contribution in [1.82, 2.24) is 9.47 Å².